The molecule has 74 valence electrons. The van der Waals surface area contributed by atoms with E-state index in [1.54, 1.807) is 10.9 Å². The maximum Gasteiger partial charge on any atom is 0.163 e. The smallest absolute Gasteiger partial charge is 0.163 e. The van der Waals surface area contributed by atoms with Crippen LogP contribution in [0.1, 0.15) is 5.56 Å². The van der Waals surface area contributed by atoms with Gasteiger partial charge in [0.15, 0.2) is 5.82 Å². The van der Waals surface area contributed by atoms with Gasteiger partial charge >= 0.3 is 0 Å². The van der Waals surface area contributed by atoms with Crippen molar-refractivity contribution in [3.8, 4) is 11.8 Å². The molecule has 5 heteroatoms. The average molecular weight is 263 g/mol. The van der Waals surface area contributed by atoms with Crippen LogP contribution in [0.15, 0.2) is 34.9 Å². The highest BCUT2D eigenvalue weighted by Gasteiger charge is 2.05. The van der Waals surface area contributed by atoms with Gasteiger partial charge in [0.25, 0.3) is 0 Å². The van der Waals surface area contributed by atoms with Crippen LogP contribution in [0, 0.1) is 11.3 Å². The van der Waals surface area contributed by atoms with Crippen LogP contribution in [0.5, 0.6) is 0 Å². The molecular weight excluding hydrogens is 256 g/mol. The maximum absolute atomic E-state index is 8.74. The minimum atomic E-state index is 0.248. The van der Waals surface area contributed by atoms with Crippen molar-refractivity contribution in [2.24, 2.45) is 0 Å². The second kappa shape index (κ2) is 3.75. The molecule has 2 rings (SSSR count). The summed E-state index contributed by atoms with van der Waals surface area (Å²) in [5.74, 6) is 0.248. The molecule has 1 aromatic carbocycles. The number of benzene rings is 1. The van der Waals surface area contributed by atoms with Crippen molar-refractivity contribution in [1.82, 2.24) is 9.78 Å². The van der Waals surface area contributed by atoms with Crippen LogP contribution in [0.2, 0.25) is 0 Å². The SMILES string of the molecule is N#Cc1cn(-c2cccc(Br)c2)nc1N. The fraction of sp³-hybridized carbons (Fsp3) is 0. The summed E-state index contributed by atoms with van der Waals surface area (Å²) in [5, 5.41) is 12.8. The van der Waals surface area contributed by atoms with Gasteiger partial charge in [-0.05, 0) is 18.2 Å². The molecule has 0 bridgehead atoms. The van der Waals surface area contributed by atoms with E-state index in [9.17, 15) is 0 Å². The number of nitrogens with two attached hydrogens (primary N) is 1. The van der Waals surface area contributed by atoms with E-state index < -0.39 is 0 Å². The minimum Gasteiger partial charge on any atom is -0.381 e. The molecule has 2 aromatic rings. The molecule has 0 aliphatic rings. The van der Waals surface area contributed by atoms with Gasteiger partial charge in [-0.3, -0.25) is 0 Å². The lowest BCUT2D eigenvalue weighted by Crippen LogP contribution is -1.95. The third-order valence-electron chi connectivity index (χ3n) is 1.94. The van der Waals surface area contributed by atoms with Crippen LogP contribution in [0.25, 0.3) is 5.69 Å². The van der Waals surface area contributed by atoms with Crippen molar-refractivity contribution in [3.05, 3.63) is 40.5 Å². The lowest BCUT2D eigenvalue weighted by Gasteiger charge is -2.00. The molecule has 0 radical (unpaired) electrons. The Morgan fingerprint density at radius 2 is 2.27 bits per heavy atom. The molecule has 0 amide bonds. The van der Waals surface area contributed by atoms with E-state index in [4.69, 9.17) is 11.0 Å². The molecule has 0 atom stereocenters. The van der Waals surface area contributed by atoms with Gasteiger partial charge in [0, 0.05) is 4.47 Å². The molecule has 0 aliphatic carbocycles. The van der Waals surface area contributed by atoms with E-state index in [-0.39, 0.29) is 5.82 Å². The molecule has 0 saturated carbocycles. The zero-order valence-corrected chi connectivity index (χ0v) is 9.27. The molecule has 4 nitrogen and oxygen atoms in total. The Kier molecular flexibility index (Phi) is 2.44. The molecule has 1 heterocycles. The van der Waals surface area contributed by atoms with Gasteiger partial charge in [-0.25, -0.2) is 4.68 Å². The van der Waals surface area contributed by atoms with Crippen LogP contribution in [0.3, 0.4) is 0 Å². The lowest BCUT2D eigenvalue weighted by atomic mass is 10.3. The van der Waals surface area contributed by atoms with Crippen molar-refractivity contribution >= 4 is 21.7 Å². The highest BCUT2D eigenvalue weighted by Crippen LogP contribution is 2.17. The molecule has 0 saturated heterocycles. The predicted octanol–water partition coefficient (Wildman–Crippen LogP) is 2.09. The molecule has 0 aliphatic heterocycles. The first kappa shape index (κ1) is 9.74. The van der Waals surface area contributed by atoms with Gasteiger partial charge in [0.1, 0.15) is 11.6 Å². The topological polar surface area (TPSA) is 67.6 Å². The molecular formula is C10H7BrN4. The van der Waals surface area contributed by atoms with Crippen molar-refractivity contribution in [2.45, 2.75) is 0 Å². The summed E-state index contributed by atoms with van der Waals surface area (Å²) in [4.78, 5) is 0. The van der Waals surface area contributed by atoms with E-state index in [2.05, 4.69) is 21.0 Å². The minimum absolute atomic E-state index is 0.248. The quantitative estimate of drug-likeness (QED) is 0.856. The number of nitrogens with zero attached hydrogens (tertiary/aromatic N) is 3. The summed E-state index contributed by atoms with van der Waals surface area (Å²) >= 11 is 3.36. The number of rotatable bonds is 1. The highest BCUT2D eigenvalue weighted by molar-refractivity contribution is 9.10. The molecule has 0 unspecified atom stereocenters. The number of hydrogen-bond donors (Lipinski definition) is 1. The zero-order valence-electron chi connectivity index (χ0n) is 7.68. The number of nitrogen functional groups attached to an aromatic ring is 1. The Morgan fingerprint density at radius 3 is 2.87 bits per heavy atom. The second-order valence-electron chi connectivity index (χ2n) is 2.96. The van der Waals surface area contributed by atoms with Gasteiger partial charge in [-0.1, -0.05) is 22.0 Å². The molecule has 15 heavy (non-hydrogen) atoms. The highest BCUT2D eigenvalue weighted by atomic mass is 79.9. The van der Waals surface area contributed by atoms with Gasteiger partial charge in [0.05, 0.1) is 11.9 Å². The van der Waals surface area contributed by atoms with Crippen LogP contribution in [-0.4, -0.2) is 9.78 Å². The molecule has 0 spiro atoms. The summed E-state index contributed by atoms with van der Waals surface area (Å²) in [6.45, 7) is 0. The van der Waals surface area contributed by atoms with Crippen LogP contribution < -0.4 is 5.73 Å². The third-order valence-corrected chi connectivity index (χ3v) is 2.43. The second-order valence-corrected chi connectivity index (χ2v) is 3.88. The van der Waals surface area contributed by atoms with Crippen LogP contribution >= 0.6 is 15.9 Å². The van der Waals surface area contributed by atoms with E-state index in [1.165, 1.54) is 0 Å². The number of halogens is 1. The van der Waals surface area contributed by atoms with E-state index in [0.717, 1.165) is 10.2 Å². The Morgan fingerprint density at radius 1 is 1.47 bits per heavy atom. The Labute approximate surface area is 95.1 Å². The number of anilines is 1. The van der Waals surface area contributed by atoms with Crippen molar-refractivity contribution in [1.29, 1.82) is 5.26 Å². The number of aromatic nitrogens is 2. The number of hydrogen-bond acceptors (Lipinski definition) is 3. The monoisotopic (exact) mass is 262 g/mol. The third kappa shape index (κ3) is 1.85. The molecule has 2 N–H and O–H groups in total. The number of nitriles is 1. The van der Waals surface area contributed by atoms with Crippen molar-refractivity contribution in [3.63, 3.8) is 0 Å². The van der Waals surface area contributed by atoms with Crippen LogP contribution in [0.4, 0.5) is 5.82 Å². The summed E-state index contributed by atoms with van der Waals surface area (Å²) < 4.78 is 2.53. The van der Waals surface area contributed by atoms with Crippen molar-refractivity contribution in [2.75, 3.05) is 5.73 Å². The summed E-state index contributed by atoms with van der Waals surface area (Å²) in [6.07, 6.45) is 1.61. The fourth-order valence-electron chi connectivity index (χ4n) is 1.22. The summed E-state index contributed by atoms with van der Waals surface area (Å²) in [7, 11) is 0. The first-order chi connectivity index (χ1) is 7.20. The summed E-state index contributed by atoms with van der Waals surface area (Å²) in [5.41, 5.74) is 6.80. The van der Waals surface area contributed by atoms with Crippen LogP contribution in [-0.2, 0) is 0 Å². The first-order valence-corrected chi connectivity index (χ1v) is 5.01. The standard InChI is InChI=1S/C10H7BrN4/c11-8-2-1-3-9(4-8)15-6-7(5-12)10(13)14-15/h1-4,6H,(H2,13,14). The van der Waals surface area contributed by atoms with E-state index in [0.29, 0.717) is 5.56 Å². The van der Waals surface area contributed by atoms with Gasteiger partial charge < -0.3 is 5.73 Å². The largest absolute Gasteiger partial charge is 0.381 e. The van der Waals surface area contributed by atoms with Crippen molar-refractivity contribution < 1.29 is 0 Å². The Bertz CT molecular complexity index is 539. The first-order valence-electron chi connectivity index (χ1n) is 4.22. The van der Waals surface area contributed by atoms with E-state index in [1.807, 2.05) is 30.3 Å². The molecule has 0 fully saturated rings. The van der Waals surface area contributed by atoms with Gasteiger partial charge in [-0.2, -0.15) is 5.26 Å². The normalized spacial score (nSPS) is 9.87. The van der Waals surface area contributed by atoms with E-state index >= 15 is 0 Å². The molecule has 1 aromatic heterocycles. The zero-order chi connectivity index (χ0) is 10.8. The lowest BCUT2D eigenvalue weighted by molar-refractivity contribution is 0.885. The fourth-order valence-corrected chi connectivity index (χ4v) is 1.61. The average Bonchev–Trinajstić information content (AvgIpc) is 2.60. The predicted molar refractivity (Wildman–Crippen MR) is 60.4 cm³/mol. The maximum atomic E-state index is 8.74. The summed E-state index contributed by atoms with van der Waals surface area (Å²) in [6, 6.07) is 9.57. The van der Waals surface area contributed by atoms with Gasteiger partial charge in [-0.15, -0.1) is 5.10 Å². The van der Waals surface area contributed by atoms with Gasteiger partial charge in [0.2, 0.25) is 0 Å². The Balaban J connectivity index is 2.51. The Hall–Kier alpha value is -1.80.